The van der Waals surface area contributed by atoms with Crippen molar-refractivity contribution in [3.63, 3.8) is 0 Å². The molecule has 0 aromatic heterocycles. The van der Waals surface area contributed by atoms with Gasteiger partial charge in [0, 0.05) is 37.0 Å². The van der Waals surface area contributed by atoms with Crippen molar-refractivity contribution in [1.29, 1.82) is 0 Å². The van der Waals surface area contributed by atoms with Crippen molar-refractivity contribution in [1.82, 2.24) is 5.32 Å². The molecule has 0 radical (unpaired) electrons. The van der Waals surface area contributed by atoms with Gasteiger partial charge in [-0.15, -0.1) is 0 Å². The number of nitrogens with one attached hydrogen (secondary N) is 1. The summed E-state index contributed by atoms with van der Waals surface area (Å²) in [6.45, 7) is 8.11. The van der Waals surface area contributed by atoms with Crippen molar-refractivity contribution in [2.45, 2.75) is 71.9 Å². The number of Topliss-reactive ketones (excluding diaryl/α,β-unsaturated/α-hetero) is 1. The van der Waals surface area contributed by atoms with E-state index in [9.17, 15) is 24.3 Å². The summed E-state index contributed by atoms with van der Waals surface area (Å²) >= 11 is 0. The molecule has 0 spiro atoms. The van der Waals surface area contributed by atoms with E-state index in [2.05, 4.69) is 5.32 Å². The number of ketones is 1. The maximum absolute atomic E-state index is 13.4. The van der Waals surface area contributed by atoms with Crippen LogP contribution in [0.4, 0.5) is 5.69 Å². The number of methoxy groups -OCH3 is 1. The zero-order chi connectivity index (χ0) is 27.0. The van der Waals surface area contributed by atoms with E-state index in [1.54, 1.807) is 31.2 Å². The quantitative estimate of drug-likeness (QED) is 0.226. The second-order valence-electron chi connectivity index (χ2n) is 10.5. The molecule has 1 aliphatic heterocycles. The van der Waals surface area contributed by atoms with Crippen molar-refractivity contribution >= 4 is 29.3 Å². The molecule has 1 heterocycles. The number of unbranched alkanes of at least 4 members (excludes halogenated alkanes) is 1. The summed E-state index contributed by atoms with van der Waals surface area (Å²) in [5.41, 5.74) is 6.48. The summed E-state index contributed by atoms with van der Waals surface area (Å²) in [7, 11) is 1.22. The van der Waals surface area contributed by atoms with Gasteiger partial charge < -0.3 is 25.8 Å². The predicted molar refractivity (Wildman–Crippen MR) is 137 cm³/mol. The zero-order valence-corrected chi connectivity index (χ0v) is 22.1. The van der Waals surface area contributed by atoms with Crippen LogP contribution in [0.3, 0.4) is 0 Å². The summed E-state index contributed by atoms with van der Waals surface area (Å²) in [6.07, 6.45) is 1.65. The van der Waals surface area contributed by atoms with Gasteiger partial charge in [-0.05, 0) is 36.8 Å². The van der Waals surface area contributed by atoms with Gasteiger partial charge in [-0.1, -0.05) is 46.2 Å². The van der Waals surface area contributed by atoms with Crippen LogP contribution in [0.5, 0.6) is 0 Å². The number of aliphatic hydroxyl groups excluding tert-OH is 1. The highest BCUT2D eigenvalue weighted by Gasteiger charge is 2.40. The molecule has 1 aromatic carbocycles. The minimum atomic E-state index is -1.08. The van der Waals surface area contributed by atoms with Crippen LogP contribution in [0.15, 0.2) is 24.3 Å². The maximum Gasteiger partial charge on any atom is 0.318 e. The molecule has 200 valence electrons. The van der Waals surface area contributed by atoms with Crippen LogP contribution in [0.25, 0.3) is 0 Å². The van der Waals surface area contributed by atoms with E-state index >= 15 is 0 Å². The molecule has 0 saturated carbocycles. The molecule has 0 unspecified atom stereocenters. The van der Waals surface area contributed by atoms with E-state index in [1.807, 2.05) is 20.8 Å². The summed E-state index contributed by atoms with van der Waals surface area (Å²) in [5, 5.41) is 13.5. The standard InChI is InChI=1S/C27H41N3O6/c1-6-7-12-29-25(34)17(2)13-22(31)20(28)14-27(3,4)15-23(32)30-16-19(26(35)36-5)24(33)18-10-8-9-11-21(18)30/h8-11,17,19-20,22,31H,6-7,12-16,28H2,1-5H3,(H,29,34)/t17-,19-,20+,22+/m1/s1. The van der Waals surface area contributed by atoms with Crippen molar-refractivity contribution in [3.05, 3.63) is 29.8 Å². The predicted octanol–water partition coefficient (Wildman–Crippen LogP) is 2.44. The summed E-state index contributed by atoms with van der Waals surface area (Å²) in [5.74, 6) is -2.86. The molecule has 4 atom stereocenters. The number of amides is 2. The number of nitrogens with two attached hydrogens (primary N) is 1. The number of carbonyl (C=O) groups is 4. The number of benzene rings is 1. The number of hydrogen-bond acceptors (Lipinski definition) is 7. The molecule has 9 heteroatoms. The van der Waals surface area contributed by atoms with Gasteiger partial charge in [0.25, 0.3) is 0 Å². The summed E-state index contributed by atoms with van der Waals surface area (Å²) in [6, 6.07) is 6.09. The first-order chi connectivity index (χ1) is 16.9. The van der Waals surface area contributed by atoms with Crippen LogP contribution < -0.4 is 16.0 Å². The molecule has 0 saturated heterocycles. The number of rotatable bonds is 12. The minimum Gasteiger partial charge on any atom is -0.468 e. The fourth-order valence-electron chi connectivity index (χ4n) is 4.59. The Morgan fingerprint density at radius 1 is 1.28 bits per heavy atom. The Kier molecular flexibility index (Phi) is 10.6. The van der Waals surface area contributed by atoms with Crippen molar-refractivity contribution in [3.8, 4) is 0 Å². The number of fused-ring (bicyclic) bond motifs is 1. The number of hydrogen-bond donors (Lipinski definition) is 3. The molecular weight excluding hydrogens is 462 g/mol. The van der Waals surface area contributed by atoms with Gasteiger partial charge in [0.05, 0.1) is 18.9 Å². The normalized spacial score (nSPS) is 18.1. The smallest absolute Gasteiger partial charge is 0.318 e. The molecule has 1 aromatic rings. The Hall–Kier alpha value is -2.78. The van der Waals surface area contributed by atoms with Gasteiger partial charge in [0.15, 0.2) is 5.78 Å². The second kappa shape index (κ2) is 13.0. The molecule has 0 fully saturated rings. The number of nitrogens with zero attached hydrogens (tertiary/aromatic N) is 1. The molecule has 0 aliphatic carbocycles. The highest BCUT2D eigenvalue weighted by atomic mass is 16.5. The van der Waals surface area contributed by atoms with Crippen molar-refractivity contribution < 1.29 is 29.0 Å². The van der Waals surface area contributed by atoms with E-state index in [1.165, 1.54) is 12.0 Å². The largest absolute Gasteiger partial charge is 0.468 e. The Morgan fingerprint density at radius 2 is 1.94 bits per heavy atom. The molecule has 2 rings (SSSR count). The SMILES string of the molecule is CCCCNC(=O)[C@H](C)C[C@H](O)[C@@H](N)CC(C)(C)CC(=O)N1C[C@@H](C(=O)OC)C(=O)c2ccccc21. The molecule has 1 aliphatic rings. The minimum absolute atomic E-state index is 0.0865. The number of aliphatic hydroxyl groups is 1. The first-order valence-electron chi connectivity index (χ1n) is 12.6. The summed E-state index contributed by atoms with van der Waals surface area (Å²) < 4.78 is 4.79. The van der Waals surface area contributed by atoms with E-state index in [-0.39, 0.29) is 42.9 Å². The fraction of sp³-hybridized carbons (Fsp3) is 0.630. The molecule has 36 heavy (non-hydrogen) atoms. The Balaban J connectivity index is 2.04. The highest BCUT2D eigenvalue weighted by molar-refractivity contribution is 6.16. The average Bonchev–Trinajstić information content (AvgIpc) is 2.83. The van der Waals surface area contributed by atoms with E-state index in [0.717, 1.165) is 12.8 Å². The van der Waals surface area contributed by atoms with Crippen LogP contribution in [0.2, 0.25) is 0 Å². The number of para-hydroxylation sites is 1. The van der Waals surface area contributed by atoms with Crippen LogP contribution in [-0.2, 0) is 19.1 Å². The Bertz CT molecular complexity index is 947. The first kappa shape index (κ1) is 29.5. The molecule has 4 N–H and O–H groups in total. The third kappa shape index (κ3) is 7.61. The van der Waals surface area contributed by atoms with Crippen LogP contribution in [-0.4, -0.2) is 61.0 Å². The summed E-state index contributed by atoms with van der Waals surface area (Å²) in [4.78, 5) is 52.1. The van der Waals surface area contributed by atoms with E-state index in [0.29, 0.717) is 24.2 Å². The van der Waals surface area contributed by atoms with E-state index in [4.69, 9.17) is 10.5 Å². The van der Waals surface area contributed by atoms with Gasteiger partial charge in [0.2, 0.25) is 11.8 Å². The van der Waals surface area contributed by atoms with Crippen LogP contribution >= 0.6 is 0 Å². The van der Waals surface area contributed by atoms with Crippen LogP contribution in [0, 0.1) is 17.3 Å². The lowest BCUT2D eigenvalue weighted by molar-refractivity contribution is -0.143. The third-order valence-corrected chi connectivity index (χ3v) is 6.71. The maximum atomic E-state index is 13.4. The van der Waals surface area contributed by atoms with Gasteiger partial charge in [-0.2, -0.15) is 0 Å². The lowest BCUT2D eigenvalue weighted by Gasteiger charge is -2.36. The fourth-order valence-corrected chi connectivity index (χ4v) is 4.59. The first-order valence-corrected chi connectivity index (χ1v) is 12.6. The third-order valence-electron chi connectivity index (χ3n) is 6.71. The van der Waals surface area contributed by atoms with Gasteiger partial charge >= 0.3 is 5.97 Å². The molecule has 2 amide bonds. The topological polar surface area (TPSA) is 139 Å². The monoisotopic (exact) mass is 503 g/mol. The van der Waals surface area contributed by atoms with Crippen molar-refractivity contribution in [2.75, 3.05) is 25.1 Å². The molecular formula is C27H41N3O6. The number of ether oxygens (including phenoxy) is 1. The number of esters is 1. The average molecular weight is 504 g/mol. The lowest BCUT2D eigenvalue weighted by Crippen LogP contribution is -2.47. The van der Waals surface area contributed by atoms with Crippen molar-refractivity contribution in [2.24, 2.45) is 23.0 Å². The molecule has 0 bridgehead atoms. The lowest BCUT2D eigenvalue weighted by atomic mass is 9.79. The van der Waals surface area contributed by atoms with E-state index < -0.39 is 29.4 Å². The highest BCUT2D eigenvalue weighted by Crippen LogP contribution is 2.34. The van der Waals surface area contributed by atoms with Gasteiger partial charge in [0.1, 0.15) is 5.92 Å². The Morgan fingerprint density at radius 3 is 2.58 bits per heavy atom. The van der Waals surface area contributed by atoms with Crippen LogP contribution in [0.1, 0.15) is 70.2 Å². The number of carbonyl (C=O) groups excluding carboxylic acids is 4. The second-order valence-corrected chi connectivity index (χ2v) is 10.5. The Labute approximate surface area is 213 Å². The molecule has 9 nitrogen and oxygen atoms in total. The number of anilines is 1. The van der Waals surface area contributed by atoms with Gasteiger partial charge in [-0.25, -0.2) is 0 Å². The zero-order valence-electron chi connectivity index (χ0n) is 22.1. The van der Waals surface area contributed by atoms with Gasteiger partial charge in [-0.3, -0.25) is 19.2 Å².